The number of pyridine rings is 1. The fourth-order valence-electron chi connectivity index (χ4n) is 2.63. The van der Waals surface area contributed by atoms with Crippen LogP contribution in [-0.4, -0.2) is 32.4 Å². The third-order valence-electron chi connectivity index (χ3n) is 4.21. The number of aliphatic carboxylic acids is 1. The van der Waals surface area contributed by atoms with Crippen molar-refractivity contribution in [3.05, 3.63) is 35.8 Å². The van der Waals surface area contributed by atoms with E-state index in [1.807, 2.05) is 49.6 Å². The van der Waals surface area contributed by atoms with Crippen molar-refractivity contribution in [3.63, 3.8) is 0 Å². The van der Waals surface area contributed by atoms with Crippen molar-refractivity contribution in [1.29, 1.82) is 0 Å². The van der Waals surface area contributed by atoms with E-state index in [2.05, 4.69) is 10.3 Å². The van der Waals surface area contributed by atoms with Crippen LogP contribution in [0, 0.1) is 12.8 Å². The number of carboxylic acid groups (broad SMARTS) is 1. The topological polar surface area (TPSA) is 83.7 Å². The van der Waals surface area contributed by atoms with Gasteiger partial charge in [0.25, 0.3) is 0 Å². The van der Waals surface area contributed by atoms with Gasteiger partial charge in [-0.15, -0.1) is 0 Å². The van der Waals surface area contributed by atoms with Crippen LogP contribution in [0.5, 0.6) is 0 Å². The van der Waals surface area contributed by atoms with Crippen LogP contribution in [0.3, 0.4) is 0 Å². The van der Waals surface area contributed by atoms with E-state index in [1.54, 1.807) is 0 Å². The summed E-state index contributed by atoms with van der Waals surface area (Å²) in [5.74, 6) is -1.34. The summed E-state index contributed by atoms with van der Waals surface area (Å²) in [5.41, 5.74) is 2.72. The van der Waals surface area contributed by atoms with Gasteiger partial charge in [-0.2, -0.15) is 0 Å². The highest BCUT2D eigenvalue weighted by atomic mass is 16.4. The van der Waals surface area contributed by atoms with Crippen LogP contribution in [0.2, 0.25) is 0 Å². The Kier molecular flexibility index (Phi) is 5.36. The lowest BCUT2D eigenvalue weighted by Crippen LogP contribution is -2.45. The molecule has 2 unspecified atom stereocenters. The Hall–Kier alpha value is -2.37. The normalized spacial score (nSPS) is 13.7. The molecule has 2 atom stereocenters. The largest absolute Gasteiger partial charge is 0.480 e. The summed E-state index contributed by atoms with van der Waals surface area (Å²) in [6, 6.07) is 4.92. The van der Waals surface area contributed by atoms with Crippen LogP contribution in [-0.2, 0) is 16.0 Å². The Bertz CT molecular complexity index is 708. The first-order valence-corrected chi connectivity index (χ1v) is 7.88. The second kappa shape index (κ2) is 7.26. The zero-order valence-corrected chi connectivity index (χ0v) is 13.7. The molecular formula is C17H23N3O3. The van der Waals surface area contributed by atoms with Gasteiger partial charge in [0.1, 0.15) is 11.7 Å². The van der Waals surface area contributed by atoms with E-state index in [1.165, 1.54) is 0 Å². The number of carbonyl (C=O) groups excluding carboxylic acids is 1. The zero-order chi connectivity index (χ0) is 17.0. The molecule has 0 spiro atoms. The number of carbonyl (C=O) groups is 2. The zero-order valence-electron chi connectivity index (χ0n) is 13.7. The second-order valence-electron chi connectivity index (χ2n) is 5.84. The summed E-state index contributed by atoms with van der Waals surface area (Å²) in [7, 11) is 0. The molecular weight excluding hydrogens is 294 g/mol. The molecule has 0 aliphatic heterocycles. The smallest absolute Gasteiger partial charge is 0.326 e. The number of carboxylic acids is 1. The minimum Gasteiger partial charge on any atom is -0.480 e. The fraction of sp³-hybridized carbons (Fsp3) is 0.471. The number of hydrogen-bond donors (Lipinski definition) is 2. The van der Waals surface area contributed by atoms with Gasteiger partial charge in [0.2, 0.25) is 5.91 Å². The maximum absolute atomic E-state index is 12.1. The van der Waals surface area contributed by atoms with E-state index in [-0.39, 0.29) is 18.2 Å². The first kappa shape index (κ1) is 17.0. The first-order chi connectivity index (χ1) is 10.9. The van der Waals surface area contributed by atoms with Crippen molar-refractivity contribution in [2.24, 2.45) is 5.92 Å². The summed E-state index contributed by atoms with van der Waals surface area (Å²) in [4.78, 5) is 27.8. The van der Waals surface area contributed by atoms with E-state index < -0.39 is 12.0 Å². The van der Waals surface area contributed by atoms with Crippen LogP contribution < -0.4 is 5.32 Å². The number of rotatable bonds is 7. The number of imidazole rings is 1. The lowest BCUT2D eigenvalue weighted by Gasteiger charge is -2.20. The van der Waals surface area contributed by atoms with Gasteiger partial charge in [0.05, 0.1) is 5.69 Å². The predicted molar refractivity (Wildman–Crippen MR) is 87.3 cm³/mol. The molecule has 0 saturated heterocycles. The van der Waals surface area contributed by atoms with Crippen LogP contribution in [0.25, 0.3) is 5.65 Å². The minimum atomic E-state index is -0.987. The van der Waals surface area contributed by atoms with Crippen LogP contribution in [0.1, 0.15) is 38.1 Å². The van der Waals surface area contributed by atoms with Crippen molar-refractivity contribution >= 4 is 17.5 Å². The molecule has 2 aromatic heterocycles. The third-order valence-corrected chi connectivity index (χ3v) is 4.21. The van der Waals surface area contributed by atoms with Crippen molar-refractivity contribution in [2.45, 2.75) is 46.1 Å². The van der Waals surface area contributed by atoms with Crippen molar-refractivity contribution < 1.29 is 14.7 Å². The van der Waals surface area contributed by atoms with E-state index in [0.717, 1.165) is 17.0 Å². The Balaban J connectivity index is 2.03. The Morgan fingerprint density at radius 3 is 2.78 bits per heavy atom. The summed E-state index contributed by atoms with van der Waals surface area (Å²) in [6.45, 7) is 5.65. The van der Waals surface area contributed by atoms with E-state index >= 15 is 0 Å². The molecule has 124 valence electrons. The average Bonchev–Trinajstić information content (AvgIpc) is 2.85. The maximum atomic E-state index is 12.1. The van der Waals surface area contributed by atoms with Crippen molar-refractivity contribution in [1.82, 2.24) is 14.7 Å². The van der Waals surface area contributed by atoms with Gasteiger partial charge in [-0.1, -0.05) is 26.3 Å². The first-order valence-electron chi connectivity index (χ1n) is 7.88. The van der Waals surface area contributed by atoms with Crippen molar-refractivity contribution in [2.75, 3.05) is 0 Å². The molecule has 0 radical (unpaired) electrons. The summed E-state index contributed by atoms with van der Waals surface area (Å²) in [6.07, 6.45) is 3.38. The number of nitrogens with zero attached hydrogens (tertiary/aromatic N) is 2. The lowest BCUT2D eigenvalue weighted by atomic mass is 9.99. The summed E-state index contributed by atoms with van der Waals surface area (Å²) in [5, 5.41) is 11.9. The van der Waals surface area contributed by atoms with Crippen LogP contribution in [0.4, 0.5) is 0 Å². The molecule has 0 bridgehead atoms. The molecule has 0 saturated carbocycles. The van der Waals surface area contributed by atoms with Gasteiger partial charge in [-0.3, -0.25) is 4.79 Å². The number of aromatic nitrogens is 2. The Labute approximate surface area is 135 Å². The number of amides is 1. The molecule has 2 N–H and O–H groups in total. The minimum absolute atomic E-state index is 0.103. The molecule has 0 aliphatic rings. The molecule has 6 nitrogen and oxygen atoms in total. The molecule has 0 aliphatic carbocycles. The van der Waals surface area contributed by atoms with Gasteiger partial charge < -0.3 is 14.8 Å². The molecule has 0 fully saturated rings. The highest BCUT2D eigenvalue weighted by molar-refractivity contribution is 5.83. The monoisotopic (exact) mass is 317 g/mol. The van der Waals surface area contributed by atoms with Gasteiger partial charge >= 0.3 is 5.97 Å². The highest BCUT2D eigenvalue weighted by Crippen LogP contribution is 2.14. The number of nitrogens with one attached hydrogen (secondary N) is 1. The van der Waals surface area contributed by atoms with E-state index in [0.29, 0.717) is 12.8 Å². The number of fused-ring (bicyclic) bond motifs is 1. The molecule has 6 heteroatoms. The lowest BCUT2D eigenvalue weighted by molar-refractivity contribution is -0.143. The molecule has 2 rings (SSSR count). The van der Waals surface area contributed by atoms with Gasteiger partial charge in [0.15, 0.2) is 0 Å². The predicted octanol–water partition coefficient (Wildman–Crippen LogP) is 2.19. The fourth-order valence-corrected chi connectivity index (χ4v) is 2.63. The summed E-state index contributed by atoms with van der Waals surface area (Å²) < 4.78 is 1.96. The molecule has 0 aromatic carbocycles. The van der Waals surface area contributed by atoms with Crippen molar-refractivity contribution in [3.8, 4) is 0 Å². The Morgan fingerprint density at radius 2 is 2.13 bits per heavy atom. The second-order valence-corrected chi connectivity index (χ2v) is 5.84. The standard InChI is InChI=1S/C17H23N3O3/c1-4-11(2)16(17(22)23)19-15(21)9-8-13-12(3)18-14-7-5-6-10-20(13)14/h5-7,10-11,16H,4,8-9H2,1-3H3,(H,19,21)(H,22,23). The molecule has 2 heterocycles. The quantitative estimate of drug-likeness (QED) is 0.820. The van der Waals surface area contributed by atoms with Gasteiger partial charge in [-0.05, 0) is 31.4 Å². The van der Waals surface area contributed by atoms with Gasteiger partial charge in [0, 0.05) is 18.3 Å². The molecule has 2 aromatic rings. The average molecular weight is 317 g/mol. The highest BCUT2D eigenvalue weighted by Gasteiger charge is 2.25. The SMILES string of the molecule is CCC(C)C(NC(=O)CCc1c(C)nc2ccccn12)C(=O)O. The van der Waals surface area contributed by atoms with E-state index in [9.17, 15) is 14.7 Å². The summed E-state index contributed by atoms with van der Waals surface area (Å²) >= 11 is 0. The van der Waals surface area contributed by atoms with Crippen LogP contribution >= 0.6 is 0 Å². The molecule has 23 heavy (non-hydrogen) atoms. The Morgan fingerprint density at radius 1 is 1.39 bits per heavy atom. The third kappa shape index (κ3) is 3.88. The maximum Gasteiger partial charge on any atom is 0.326 e. The van der Waals surface area contributed by atoms with Gasteiger partial charge in [-0.25, -0.2) is 9.78 Å². The number of aryl methyl sites for hydroxylation is 2. The van der Waals surface area contributed by atoms with Crippen LogP contribution in [0.15, 0.2) is 24.4 Å². The molecule has 1 amide bonds. The number of hydrogen-bond acceptors (Lipinski definition) is 3. The van der Waals surface area contributed by atoms with E-state index in [4.69, 9.17) is 0 Å².